The minimum atomic E-state index is -0.773. The highest BCUT2D eigenvalue weighted by molar-refractivity contribution is 5.71. The Kier molecular flexibility index (Phi) is 3.40. The van der Waals surface area contributed by atoms with Gasteiger partial charge < -0.3 is 5.11 Å². The molecule has 2 heteroatoms. The van der Waals surface area contributed by atoms with Crippen LogP contribution in [0.2, 0.25) is 0 Å². The van der Waals surface area contributed by atoms with Crippen LogP contribution in [-0.4, -0.2) is 11.1 Å². The van der Waals surface area contributed by atoms with Crippen molar-refractivity contribution in [3.8, 4) is 0 Å². The summed E-state index contributed by atoms with van der Waals surface area (Å²) in [6.07, 6.45) is 7.29. The molecule has 0 spiro atoms. The van der Waals surface area contributed by atoms with Crippen molar-refractivity contribution in [1.82, 2.24) is 0 Å². The van der Waals surface area contributed by atoms with Gasteiger partial charge in [-0.15, -0.1) is 0 Å². The fourth-order valence-corrected chi connectivity index (χ4v) is 2.11. The second kappa shape index (κ2) is 4.97. The lowest BCUT2D eigenvalue weighted by molar-refractivity contribution is -0.136. The lowest BCUT2D eigenvalue weighted by Gasteiger charge is -2.13. The highest BCUT2D eigenvalue weighted by atomic mass is 16.4. The van der Waals surface area contributed by atoms with Gasteiger partial charge in [-0.25, -0.2) is 0 Å². The molecule has 1 aliphatic carbocycles. The molecule has 0 unspecified atom stereocenters. The Morgan fingerprint density at radius 1 is 1.19 bits per heavy atom. The number of rotatable bonds is 3. The Labute approximate surface area is 95.6 Å². The van der Waals surface area contributed by atoms with Crippen LogP contribution in [0.15, 0.2) is 30.3 Å². The molecule has 84 valence electrons. The molecule has 0 atom stereocenters. The molecule has 0 heterocycles. The summed E-state index contributed by atoms with van der Waals surface area (Å²) in [7, 11) is 0. The summed E-state index contributed by atoms with van der Waals surface area (Å²) in [5, 5.41) is 8.67. The Balaban J connectivity index is 2.12. The third kappa shape index (κ3) is 2.72. The van der Waals surface area contributed by atoms with Gasteiger partial charge in [-0.3, -0.25) is 4.79 Å². The molecular weight excluding hydrogens is 200 g/mol. The first-order valence-electron chi connectivity index (χ1n) is 5.76. The summed E-state index contributed by atoms with van der Waals surface area (Å²) in [5.74, 6) is -0.773. The van der Waals surface area contributed by atoms with Crippen molar-refractivity contribution in [1.29, 1.82) is 0 Å². The van der Waals surface area contributed by atoms with Crippen LogP contribution in [0.1, 0.15) is 36.8 Å². The van der Waals surface area contributed by atoms with Crippen molar-refractivity contribution in [3.63, 3.8) is 0 Å². The van der Waals surface area contributed by atoms with Gasteiger partial charge in [0.15, 0.2) is 0 Å². The molecule has 0 fully saturated rings. The van der Waals surface area contributed by atoms with Gasteiger partial charge in [0, 0.05) is 0 Å². The second-order valence-corrected chi connectivity index (χ2v) is 4.24. The van der Waals surface area contributed by atoms with Gasteiger partial charge in [0.2, 0.25) is 0 Å². The number of hydrogen-bond acceptors (Lipinski definition) is 1. The summed E-state index contributed by atoms with van der Waals surface area (Å²) in [5.41, 5.74) is 3.52. The molecule has 1 aliphatic rings. The van der Waals surface area contributed by atoms with Gasteiger partial charge in [0.25, 0.3) is 0 Å². The second-order valence-electron chi connectivity index (χ2n) is 4.24. The molecular formula is C14H16O2. The van der Waals surface area contributed by atoms with E-state index in [0.717, 1.165) is 12.0 Å². The van der Waals surface area contributed by atoms with Crippen LogP contribution < -0.4 is 0 Å². The number of benzene rings is 1. The number of carbonyl (C=O) groups is 1. The van der Waals surface area contributed by atoms with Crippen LogP contribution >= 0.6 is 0 Å². The van der Waals surface area contributed by atoms with E-state index >= 15 is 0 Å². The van der Waals surface area contributed by atoms with E-state index in [0.29, 0.717) is 0 Å². The maximum Gasteiger partial charge on any atom is 0.307 e. The molecule has 1 aromatic carbocycles. The van der Waals surface area contributed by atoms with E-state index in [-0.39, 0.29) is 6.42 Å². The van der Waals surface area contributed by atoms with Crippen LogP contribution in [0.25, 0.3) is 5.57 Å². The van der Waals surface area contributed by atoms with E-state index < -0.39 is 5.97 Å². The molecule has 0 aromatic heterocycles. The lowest BCUT2D eigenvalue weighted by atomic mass is 9.93. The van der Waals surface area contributed by atoms with E-state index in [1.165, 1.54) is 30.4 Å². The van der Waals surface area contributed by atoms with Crippen molar-refractivity contribution < 1.29 is 9.90 Å². The molecule has 0 amide bonds. The highest BCUT2D eigenvalue weighted by Gasteiger charge is 2.06. The predicted molar refractivity (Wildman–Crippen MR) is 64.2 cm³/mol. The number of hydrogen-bond donors (Lipinski definition) is 1. The SMILES string of the molecule is O=C(O)Cc1ccc(C2=CCCCC2)cc1. The average molecular weight is 216 g/mol. The molecule has 2 rings (SSSR count). The zero-order valence-corrected chi connectivity index (χ0v) is 9.28. The summed E-state index contributed by atoms with van der Waals surface area (Å²) >= 11 is 0. The molecule has 0 saturated heterocycles. The van der Waals surface area contributed by atoms with Gasteiger partial charge in [-0.1, -0.05) is 30.3 Å². The summed E-state index contributed by atoms with van der Waals surface area (Å²) < 4.78 is 0. The Morgan fingerprint density at radius 3 is 2.50 bits per heavy atom. The first-order chi connectivity index (χ1) is 7.75. The Bertz CT molecular complexity index is 401. The van der Waals surface area contributed by atoms with Crippen LogP contribution in [0, 0.1) is 0 Å². The van der Waals surface area contributed by atoms with Gasteiger partial charge in [-0.05, 0) is 42.4 Å². The minimum Gasteiger partial charge on any atom is -0.481 e. The minimum absolute atomic E-state index is 0.110. The molecule has 0 bridgehead atoms. The summed E-state index contributed by atoms with van der Waals surface area (Å²) in [6, 6.07) is 7.91. The standard InChI is InChI=1S/C14H16O2/c15-14(16)10-11-6-8-13(9-7-11)12-4-2-1-3-5-12/h4,6-9H,1-3,5,10H2,(H,15,16). The molecule has 1 aromatic rings. The fourth-order valence-electron chi connectivity index (χ4n) is 2.11. The van der Waals surface area contributed by atoms with Crippen molar-refractivity contribution in [2.24, 2.45) is 0 Å². The fraction of sp³-hybridized carbons (Fsp3) is 0.357. The summed E-state index contributed by atoms with van der Waals surface area (Å²) in [4.78, 5) is 10.5. The Morgan fingerprint density at radius 2 is 1.94 bits per heavy atom. The highest BCUT2D eigenvalue weighted by Crippen LogP contribution is 2.26. The van der Waals surface area contributed by atoms with Crippen molar-refractivity contribution >= 4 is 11.5 Å². The number of allylic oxidation sites excluding steroid dienone is 2. The normalized spacial score (nSPS) is 15.6. The first-order valence-corrected chi connectivity index (χ1v) is 5.76. The number of carboxylic acid groups (broad SMARTS) is 1. The molecule has 2 nitrogen and oxygen atoms in total. The average Bonchev–Trinajstić information content (AvgIpc) is 2.30. The number of aliphatic carboxylic acids is 1. The Hall–Kier alpha value is -1.57. The topological polar surface area (TPSA) is 37.3 Å². The van der Waals surface area contributed by atoms with Gasteiger partial charge >= 0.3 is 5.97 Å². The van der Waals surface area contributed by atoms with Crippen LogP contribution in [0.3, 0.4) is 0 Å². The maximum atomic E-state index is 10.5. The van der Waals surface area contributed by atoms with Gasteiger partial charge in [-0.2, -0.15) is 0 Å². The van der Waals surface area contributed by atoms with E-state index in [4.69, 9.17) is 5.11 Å². The van der Waals surface area contributed by atoms with Crippen LogP contribution in [-0.2, 0) is 11.2 Å². The number of carboxylic acids is 1. The molecule has 0 radical (unpaired) electrons. The zero-order valence-electron chi connectivity index (χ0n) is 9.28. The maximum absolute atomic E-state index is 10.5. The zero-order chi connectivity index (χ0) is 11.4. The van der Waals surface area contributed by atoms with Gasteiger partial charge in [0.1, 0.15) is 0 Å². The summed E-state index contributed by atoms with van der Waals surface area (Å²) in [6.45, 7) is 0. The van der Waals surface area contributed by atoms with E-state index in [1.54, 1.807) is 0 Å². The third-order valence-electron chi connectivity index (χ3n) is 2.97. The largest absolute Gasteiger partial charge is 0.481 e. The van der Waals surface area contributed by atoms with Crippen molar-refractivity contribution in [2.45, 2.75) is 32.1 Å². The first kappa shape index (κ1) is 10.9. The third-order valence-corrected chi connectivity index (χ3v) is 2.97. The van der Waals surface area contributed by atoms with Crippen molar-refractivity contribution in [2.75, 3.05) is 0 Å². The lowest BCUT2D eigenvalue weighted by Crippen LogP contribution is -2.00. The van der Waals surface area contributed by atoms with Crippen LogP contribution in [0.4, 0.5) is 0 Å². The van der Waals surface area contributed by atoms with Crippen molar-refractivity contribution in [3.05, 3.63) is 41.5 Å². The smallest absolute Gasteiger partial charge is 0.307 e. The molecule has 0 aliphatic heterocycles. The predicted octanol–water partition coefficient (Wildman–Crippen LogP) is 3.27. The monoisotopic (exact) mass is 216 g/mol. The van der Waals surface area contributed by atoms with Crippen LogP contribution in [0.5, 0.6) is 0 Å². The van der Waals surface area contributed by atoms with E-state index in [2.05, 4.69) is 6.08 Å². The van der Waals surface area contributed by atoms with Gasteiger partial charge in [0.05, 0.1) is 6.42 Å². The van der Waals surface area contributed by atoms with E-state index in [1.807, 2.05) is 24.3 Å². The molecule has 0 saturated carbocycles. The quantitative estimate of drug-likeness (QED) is 0.842. The molecule has 1 N–H and O–H groups in total. The van der Waals surface area contributed by atoms with E-state index in [9.17, 15) is 4.79 Å². The molecule has 16 heavy (non-hydrogen) atoms.